The number of nitrogens with one attached hydrogen (secondary N) is 1. The Morgan fingerprint density at radius 1 is 1.16 bits per heavy atom. The van der Waals surface area contributed by atoms with Crippen molar-refractivity contribution in [3.05, 3.63) is 83.2 Å². The smallest absolute Gasteiger partial charge is 0.245 e. The number of hydrogen-bond acceptors (Lipinski definition) is 4. The maximum atomic E-state index is 13.6. The van der Waals surface area contributed by atoms with E-state index in [0.717, 1.165) is 21.9 Å². The summed E-state index contributed by atoms with van der Waals surface area (Å²) in [5.41, 5.74) is 1.19. The predicted octanol–water partition coefficient (Wildman–Crippen LogP) is 3.71. The standard InChI is InChI=1S/C25H24FN3O2/c1-25(29-10-12-31-13-11-29,21-6-8-22(26)9-7-21)24(30)28-17-20-15-18(16-27)14-19-4-2-3-5-23(19)20/h2-9,14-15H,10-13,17H2,1H3,(H,28,30). The largest absolute Gasteiger partial charge is 0.379 e. The Morgan fingerprint density at radius 2 is 1.87 bits per heavy atom. The average Bonchev–Trinajstić information content (AvgIpc) is 2.82. The van der Waals surface area contributed by atoms with Crippen LogP contribution >= 0.6 is 0 Å². The lowest BCUT2D eigenvalue weighted by molar-refractivity contribution is -0.136. The van der Waals surface area contributed by atoms with Crippen molar-refractivity contribution in [1.29, 1.82) is 5.26 Å². The van der Waals surface area contributed by atoms with Crippen LogP contribution in [-0.2, 0) is 21.6 Å². The van der Waals surface area contributed by atoms with Crippen LogP contribution in [0.15, 0.2) is 60.7 Å². The van der Waals surface area contributed by atoms with Crippen molar-refractivity contribution in [2.24, 2.45) is 0 Å². The second-order valence-corrected chi connectivity index (χ2v) is 7.83. The van der Waals surface area contributed by atoms with Gasteiger partial charge in [0.2, 0.25) is 5.91 Å². The van der Waals surface area contributed by atoms with E-state index in [1.54, 1.807) is 12.1 Å². The van der Waals surface area contributed by atoms with Crippen molar-refractivity contribution in [2.45, 2.75) is 19.0 Å². The second-order valence-electron chi connectivity index (χ2n) is 7.83. The van der Waals surface area contributed by atoms with E-state index in [-0.39, 0.29) is 18.3 Å². The van der Waals surface area contributed by atoms with Gasteiger partial charge in [-0.2, -0.15) is 5.26 Å². The van der Waals surface area contributed by atoms with Gasteiger partial charge in [0.15, 0.2) is 0 Å². The van der Waals surface area contributed by atoms with Crippen LogP contribution in [0.3, 0.4) is 0 Å². The molecule has 1 atom stereocenters. The highest BCUT2D eigenvalue weighted by molar-refractivity contribution is 5.89. The summed E-state index contributed by atoms with van der Waals surface area (Å²) < 4.78 is 19.0. The van der Waals surface area contributed by atoms with Gasteiger partial charge in [0.05, 0.1) is 24.8 Å². The lowest BCUT2D eigenvalue weighted by Gasteiger charge is -2.42. The van der Waals surface area contributed by atoms with Crippen LogP contribution in [0.5, 0.6) is 0 Å². The molecule has 1 fully saturated rings. The van der Waals surface area contributed by atoms with E-state index in [0.29, 0.717) is 31.9 Å². The SMILES string of the molecule is CC(C(=O)NCc1cc(C#N)cc2ccccc12)(c1ccc(F)cc1)N1CCOCC1. The molecule has 4 rings (SSSR count). The summed E-state index contributed by atoms with van der Waals surface area (Å²) >= 11 is 0. The van der Waals surface area contributed by atoms with Crippen molar-refractivity contribution in [1.82, 2.24) is 10.2 Å². The highest BCUT2D eigenvalue weighted by atomic mass is 19.1. The second kappa shape index (κ2) is 8.84. The summed E-state index contributed by atoms with van der Waals surface area (Å²) in [6.07, 6.45) is 0. The number of carbonyl (C=O) groups is 1. The summed E-state index contributed by atoms with van der Waals surface area (Å²) in [5, 5.41) is 14.4. The molecule has 1 saturated heterocycles. The number of amides is 1. The third-order valence-corrected chi connectivity index (χ3v) is 6.01. The Morgan fingerprint density at radius 3 is 2.58 bits per heavy atom. The molecule has 6 heteroatoms. The Balaban J connectivity index is 1.65. The number of nitrogens with zero attached hydrogens (tertiary/aromatic N) is 2. The van der Waals surface area contributed by atoms with Crippen LogP contribution in [0.2, 0.25) is 0 Å². The van der Waals surface area contributed by atoms with E-state index < -0.39 is 5.54 Å². The van der Waals surface area contributed by atoms with Crippen molar-refractivity contribution in [3.63, 3.8) is 0 Å². The third kappa shape index (κ3) is 4.15. The number of nitriles is 1. The minimum absolute atomic E-state index is 0.174. The molecule has 1 N–H and O–H groups in total. The fourth-order valence-corrected chi connectivity index (χ4v) is 4.19. The monoisotopic (exact) mass is 417 g/mol. The molecular weight excluding hydrogens is 393 g/mol. The Kier molecular flexibility index (Phi) is 5.99. The molecule has 1 aliphatic heterocycles. The fourth-order valence-electron chi connectivity index (χ4n) is 4.19. The molecule has 1 unspecified atom stereocenters. The van der Waals surface area contributed by atoms with Gasteiger partial charge in [-0.1, -0.05) is 36.4 Å². The normalized spacial score (nSPS) is 16.4. The summed E-state index contributed by atoms with van der Waals surface area (Å²) in [6, 6.07) is 19.7. The van der Waals surface area contributed by atoms with Crippen LogP contribution in [0.4, 0.5) is 4.39 Å². The molecule has 5 nitrogen and oxygen atoms in total. The molecule has 0 radical (unpaired) electrons. The molecule has 1 aliphatic rings. The lowest BCUT2D eigenvalue weighted by Crippen LogP contribution is -2.57. The molecule has 0 bridgehead atoms. The maximum Gasteiger partial charge on any atom is 0.245 e. The zero-order valence-electron chi connectivity index (χ0n) is 17.4. The van der Waals surface area contributed by atoms with E-state index >= 15 is 0 Å². The van der Waals surface area contributed by atoms with Gasteiger partial charge < -0.3 is 10.1 Å². The minimum atomic E-state index is -0.972. The van der Waals surface area contributed by atoms with E-state index in [4.69, 9.17) is 4.74 Å². The molecular formula is C25H24FN3O2. The molecule has 0 saturated carbocycles. The number of halogens is 1. The quantitative estimate of drug-likeness (QED) is 0.687. The Labute approximate surface area is 181 Å². The predicted molar refractivity (Wildman–Crippen MR) is 117 cm³/mol. The summed E-state index contributed by atoms with van der Waals surface area (Å²) in [7, 11) is 0. The summed E-state index contributed by atoms with van der Waals surface area (Å²) in [4.78, 5) is 15.6. The highest BCUT2D eigenvalue weighted by Gasteiger charge is 2.41. The first-order valence-corrected chi connectivity index (χ1v) is 10.3. The van der Waals surface area contributed by atoms with Crippen LogP contribution < -0.4 is 5.32 Å². The molecule has 31 heavy (non-hydrogen) atoms. The Hall–Kier alpha value is -3.27. The van der Waals surface area contributed by atoms with Crippen LogP contribution in [0.1, 0.15) is 23.6 Å². The van der Waals surface area contributed by atoms with E-state index in [1.165, 1.54) is 12.1 Å². The molecule has 1 heterocycles. The van der Waals surface area contributed by atoms with Crippen molar-refractivity contribution < 1.29 is 13.9 Å². The zero-order chi connectivity index (χ0) is 21.8. The van der Waals surface area contributed by atoms with E-state index in [9.17, 15) is 14.4 Å². The number of carbonyl (C=O) groups excluding carboxylic acids is 1. The molecule has 0 aliphatic carbocycles. The van der Waals surface area contributed by atoms with Crippen molar-refractivity contribution >= 4 is 16.7 Å². The van der Waals surface area contributed by atoms with E-state index in [2.05, 4.69) is 16.3 Å². The molecule has 3 aromatic carbocycles. The van der Waals surface area contributed by atoms with Gasteiger partial charge in [-0.05, 0) is 53.1 Å². The molecule has 3 aromatic rings. The summed E-state index contributed by atoms with van der Waals surface area (Å²) in [5.74, 6) is -0.513. The first-order chi connectivity index (χ1) is 15.0. The van der Waals surface area contributed by atoms with Gasteiger partial charge >= 0.3 is 0 Å². The van der Waals surface area contributed by atoms with E-state index in [1.807, 2.05) is 43.3 Å². The van der Waals surface area contributed by atoms with Gasteiger partial charge in [-0.15, -0.1) is 0 Å². The topological polar surface area (TPSA) is 65.4 Å². The van der Waals surface area contributed by atoms with Gasteiger partial charge in [0.25, 0.3) is 0 Å². The third-order valence-electron chi connectivity index (χ3n) is 6.01. The fraction of sp³-hybridized carbons (Fsp3) is 0.280. The van der Waals surface area contributed by atoms with Crippen molar-refractivity contribution in [3.8, 4) is 6.07 Å². The summed E-state index contributed by atoms with van der Waals surface area (Å²) in [6.45, 7) is 4.45. The zero-order valence-corrected chi connectivity index (χ0v) is 17.4. The number of fused-ring (bicyclic) bond motifs is 1. The first kappa shape index (κ1) is 21.0. The molecule has 1 amide bonds. The van der Waals surface area contributed by atoms with Crippen LogP contribution in [0, 0.1) is 17.1 Å². The Bertz CT molecular complexity index is 1130. The van der Waals surface area contributed by atoms with Gasteiger partial charge in [-0.25, -0.2) is 4.39 Å². The maximum absolute atomic E-state index is 13.6. The number of ether oxygens (including phenoxy) is 1. The molecule has 158 valence electrons. The lowest BCUT2D eigenvalue weighted by atomic mass is 9.88. The number of hydrogen-bond donors (Lipinski definition) is 1. The highest BCUT2D eigenvalue weighted by Crippen LogP contribution is 2.30. The number of benzene rings is 3. The average molecular weight is 417 g/mol. The van der Waals surface area contributed by atoms with Crippen molar-refractivity contribution in [2.75, 3.05) is 26.3 Å². The first-order valence-electron chi connectivity index (χ1n) is 10.3. The number of morpholine rings is 1. The molecule has 0 spiro atoms. The van der Waals surface area contributed by atoms with Gasteiger partial charge in [0, 0.05) is 19.6 Å². The van der Waals surface area contributed by atoms with Gasteiger partial charge in [0.1, 0.15) is 11.4 Å². The number of rotatable bonds is 5. The molecule has 0 aromatic heterocycles. The van der Waals surface area contributed by atoms with Crippen LogP contribution in [-0.4, -0.2) is 37.1 Å². The van der Waals surface area contributed by atoms with Crippen LogP contribution in [0.25, 0.3) is 10.8 Å². The minimum Gasteiger partial charge on any atom is -0.379 e. The van der Waals surface area contributed by atoms with Gasteiger partial charge in [-0.3, -0.25) is 9.69 Å².